The van der Waals surface area contributed by atoms with E-state index in [0.29, 0.717) is 23.4 Å². The van der Waals surface area contributed by atoms with Gasteiger partial charge in [0.2, 0.25) is 0 Å². The van der Waals surface area contributed by atoms with Gasteiger partial charge in [0.1, 0.15) is 5.82 Å². The van der Waals surface area contributed by atoms with Crippen molar-refractivity contribution in [1.82, 2.24) is 9.78 Å². The molecule has 0 aliphatic rings. The molecule has 1 aromatic heterocycles. The first-order valence-electron chi connectivity index (χ1n) is 6.57. The second-order valence-corrected chi connectivity index (χ2v) is 5.61. The molecule has 0 radical (unpaired) electrons. The molecule has 2 aromatic rings. The van der Waals surface area contributed by atoms with E-state index in [1.54, 1.807) is 12.1 Å². The SMILES string of the molecule is Cc1nn(C)c(C)c1CC(N)Cc1ccc(Cl)cc1F. The van der Waals surface area contributed by atoms with Gasteiger partial charge >= 0.3 is 0 Å². The van der Waals surface area contributed by atoms with E-state index in [9.17, 15) is 4.39 Å². The Morgan fingerprint density at radius 3 is 2.60 bits per heavy atom. The van der Waals surface area contributed by atoms with Gasteiger partial charge in [0, 0.05) is 23.8 Å². The lowest BCUT2D eigenvalue weighted by Gasteiger charge is -2.13. The highest BCUT2D eigenvalue weighted by molar-refractivity contribution is 6.30. The maximum absolute atomic E-state index is 13.8. The molecule has 20 heavy (non-hydrogen) atoms. The number of halogens is 2. The van der Waals surface area contributed by atoms with Crippen LogP contribution in [0.3, 0.4) is 0 Å². The summed E-state index contributed by atoms with van der Waals surface area (Å²) in [6.07, 6.45) is 1.17. The molecule has 1 aromatic carbocycles. The molecule has 5 heteroatoms. The lowest BCUT2D eigenvalue weighted by atomic mass is 9.98. The van der Waals surface area contributed by atoms with Crippen molar-refractivity contribution in [2.24, 2.45) is 12.8 Å². The Balaban J connectivity index is 2.11. The van der Waals surface area contributed by atoms with E-state index >= 15 is 0 Å². The Labute approximate surface area is 123 Å². The van der Waals surface area contributed by atoms with Crippen LogP contribution in [-0.2, 0) is 19.9 Å². The summed E-state index contributed by atoms with van der Waals surface area (Å²) in [6.45, 7) is 3.99. The molecular formula is C15H19ClFN3. The van der Waals surface area contributed by atoms with Crippen LogP contribution in [0, 0.1) is 19.7 Å². The lowest BCUT2D eigenvalue weighted by Crippen LogP contribution is -2.26. The van der Waals surface area contributed by atoms with Crippen molar-refractivity contribution >= 4 is 11.6 Å². The minimum Gasteiger partial charge on any atom is -0.327 e. The van der Waals surface area contributed by atoms with Crippen molar-refractivity contribution in [1.29, 1.82) is 0 Å². The molecule has 0 amide bonds. The van der Waals surface area contributed by atoms with E-state index in [4.69, 9.17) is 17.3 Å². The highest BCUT2D eigenvalue weighted by Crippen LogP contribution is 2.18. The minimum atomic E-state index is -0.299. The van der Waals surface area contributed by atoms with Gasteiger partial charge in [0.15, 0.2) is 0 Å². The molecule has 0 aliphatic heterocycles. The van der Waals surface area contributed by atoms with E-state index in [1.165, 1.54) is 6.07 Å². The smallest absolute Gasteiger partial charge is 0.127 e. The number of nitrogens with zero attached hydrogens (tertiary/aromatic N) is 2. The second-order valence-electron chi connectivity index (χ2n) is 5.18. The topological polar surface area (TPSA) is 43.8 Å². The summed E-state index contributed by atoms with van der Waals surface area (Å²) >= 11 is 5.75. The molecule has 0 saturated carbocycles. The summed E-state index contributed by atoms with van der Waals surface area (Å²) in [4.78, 5) is 0. The monoisotopic (exact) mass is 295 g/mol. The molecule has 0 aliphatic carbocycles. The summed E-state index contributed by atoms with van der Waals surface area (Å²) in [7, 11) is 1.91. The van der Waals surface area contributed by atoms with Crippen molar-refractivity contribution in [2.75, 3.05) is 0 Å². The number of rotatable bonds is 4. The zero-order valence-electron chi connectivity index (χ0n) is 12.0. The van der Waals surface area contributed by atoms with Crippen LogP contribution in [0.15, 0.2) is 18.2 Å². The highest BCUT2D eigenvalue weighted by atomic mass is 35.5. The largest absolute Gasteiger partial charge is 0.327 e. The van der Waals surface area contributed by atoms with E-state index < -0.39 is 0 Å². The maximum atomic E-state index is 13.8. The number of benzene rings is 1. The van der Waals surface area contributed by atoms with Crippen molar-refractivity contribution in [3.8, 4) is 0 Å². The summed E-state index contributed by atoms with van der Waals surface area (Å²) in [6, 6.07) is 4.56. The van der Waals surface area contributed by atoms with Gasteiger partial charge in [-0.3, -0.25) is 4.68 Å². The van der Waals surface area contributed by atoms with Gasteiger partial charge in [-0.2, -0.15) is 5.10 Å². The van der Waals surface area contributed by atoms with E-state index in [-0.39, 0.29) is 11.9 Å². The number of aromatic nitrogens is 2. The molecule has 1 unspecified atom stereocenters. The number of hydrogen-bond donors (Lipinski definition) is 1. The van der Waals surface area contributed by atoms with Gasteiger partial charge in [-0.1, -0.05) is 17.7 Å². The number of nitrogens with two attached hydrogens (primary N) is 1. The summed E-state index contributed by atoms with van der Waals surface area (Å²) in [5.41, 5.74) is 9.99. The van der Waals surface area contributed by atoms with Gasteiger partial charge < -0.3 is 5.73 Å². The van der Waals surface area contributed by atoms with Crippen LogP contribution in [0.25, 0.3) is 0 Å². The average Bonchev–Trinajstić information content (AvgIpc) is 2.60. The second kappa shape index (κ2) is 5.94. The van der Waals surface area contributed by atoms with Gasteiger partial charge in [-0.15, -0.1) is 0 Å². The number of aryl methyl sites for hydroxylation is 2. The molecule has 108 valence electrons. The van der Waals surface area contributed by atoms with Crippen LogP contribution in [0.1, 0.15) is 22.5 Å². The van der Waals surface area contributed by atoms with Crippen LogP contribution < -0.4 is 5.73 Å². The van der Waals surface area contributed by atoms with Gasteiger partial charge in [0.25, 0.3) is 0 Å². The van der Waals surface area contributed by atoms with Gasteiger partial charge in [-0.05, 0) is 49.9 Å². The van der Waals surface area contributed by atoms with Crippen LogP contribution in [0.4, 0.5) is 4.39 Å². The Bertz CT molecular complexity index is 622. The van der Waals surface area contributed by atoms with Crippen molar-refractivity contribution < 1.29 is 4.39 Å². The molecule has 0 bridgehead atoms. The third kappa shape index (κ3) is 3.19. The molecule has 2 N–H and O–H groups in total. The predicted octanol–water partition coefficient (Wildman–Crippen LogP) is 2.94. The van der Waals surface area contributed by atoms with E-state index in [0.717, 1.165) is 17.0 Å². The van der Waals surface area contributed by atoms with Crippen molar-refractivity contribution in [2.45, 2.75) is 32.7 Å². The Morgan fingerprint density at radius 2 is 2.05 bits per heavy atom. The first-order chi connectivity index (χ1) is 9.38. The Morgan fingerprint density at radius 1 is 1.35 bits per heavy atom. The zero-order chi connectivity index (χ0) is 14.9. The standard InChI is InChI=1S/C15H19ClFN3/c1-9-14(10(2)20(3)19-9)8-13(18)6-11-4-5-12(16)7-15(11)17/h4-5,7,13H,6,8,18H2,1-3H3. The van der Waals surface area contributed by atoms with E-state index in [1.807, 2.05) is 25.6 Å². The fourth-order valence-electron chi connectivity index (χ4n) is 2.42. The summed E-state index contributed by atoms with van der Waals surface area (Å²) < 4.78 is 15.6. The predicted molar refractivity (Wildman–Crippen MR) is 79.5 cm³/mol. The molecule has 1 heterocycles. The van der Waals surface area contributed by atoms with E-state index in [2.05, 4.69) is 5.10 Å². The molecule has 2 rings (SSSR count). The molecule has 0 saturated heterocycles. The molecule has 3 nitrogen and oxygen atoms in total. The fraction of sp³-hybridized carbons (Fsp3) is 0.400. The minimum absolute atomic E-state index is 0.146. The average molecular weight is 296 g/mol. The van der Waals surface area contributed by atoms with Crippen molar-refractivity contribution in [3.05, 3.63) is 51.6 Å². The molecule has 0 spiro atoms. The summed E-state index contributed by atoms with van der Waals surface area (Å²) in [5, 5.41) is 4.77. The zero-order valence-corrected chi connectivity index (χ0v) is 12.7. The first kappa shape index (κ1) is 15.0. The summed E-state index contributed by atoms with van der Waals surface area (Å²) in [5.74, 6) is -0.299. The molecule has 0 fully saturated rings. The third-order valence-corrected chi connectivity index (χ3v) is 3.86. The van der Waals surface area contributed by atoms with Gasteiger partial charge in [-0.25, -0.2) is 4.39 Å². The maximum Gasteiger partial charge on any atom is 0.127 e. The quantitative estimate of drug-likeness (QED) is 0.942. The molecule has 1 atom stereocenters. The van der Waals surface area contributed by atoms with Crippen LogP contribution in [-0.4, -0.2) is 15.8 Å². The Kier molecular flexibility index (Phi) is 4.45. The lowest BCUT2D eigenvalue weighted by molar-refractivity contribution is 0.583. The van der Waals surface area contributed by atoms with Crippen LogP contribution in [0.5, 0.6) is 0 Å². The van der Waals surface area contributed by atoms with Crippen molar-refractivity contribution in [3.63, 3.8) is 0 Å². The first-order valence-corrected chi connectivity index (χ1v) is 6.95. The number of hydrogen-bond acceptors (Lipinski definition) is 2. The fourth-order valence-corrected chi connectivity index (χ4v) is 2.58. The highest BCUT2D eigenvalue weighted by Gasteiger charge is 2.15. The van der Waals surface area contributed by atoms with Crippen LogP contribution in [0.2, 0.25) is 5.02 Å². The van der Waals surface area contributed by atoms with Crippen LogP contribution >= 0.6 is 11.6 Å². The normalized spacial score (nSPS) is 12.7. The molecular weight excluding hydrogens is 277 g/mol. The van der Waals surface area contributed by atoms with Gasteiger partial charge in [0.05, 0.1) is 5.69 Å². The Hall–Kier alpha value is -1.39. The third-order valence-electron chi connectivity index (χ3n) is 3.62.